The predicted octanol–water partition coefficient (Wildman–Crippen LogP) is 3.24. The lowest BCUT2D eigenvalue weighted by molar-refractivity contribution is 0.0698. The van der Waals surface area contributed by atoms with Crippen molar-refractivity contribution in [1.82, 2.24) is 0 Å². The second-order valence-electron chi connectivity index (χ2n) is 4.00. The fraction of sp³-hybridized carbons (Fsp3) is 0. The molecule has 0 heterocycles. The quantitative estimate of drug-likeness (QED) is 0.753. The van der Waals surface area contributed by atoms with E-state index in [1.165, 1.54) is 12.1 Å². The van der Waals surface area contributed by atoms with Crippen molar-refractivity contribution in [3.8, 4) is 6.07 Å². The van der Waals surface area contributed by atoms with Gasteiger partial charge in [0, 0.05) is 5.02 Å². The summed E-state index contributed by atoms with van der Waals surface area (Å²) >= 11 is 5.89. The monoisotopic (exact) mass is 287 g/mol. The number of nitriles is 1. The van der Waals surface area contributed by atoms with Crippen LogP contribution < -0.4 is 11.1 Å². The molecule has 0 radical (unpaired) electrons. The summed E-state index contributed by atoms with van der Waals surface area (Å²) in [4.78, 5) is 11.2. The molecule has 0 aliphatic heterocycles. The molecule has 20 heavy (non-hydrogen) atoms. The molecule has 4 N–H and O–H groups in total. The highest BCUT2D eigenvalue weighted by molar-refractivity contribution is 6.31. The van der Waals surface area contributed by atoms with Crippen LogP contribution in [0.25, 0.3) is 0 Å². The van der Waals surface area contributed by atoms with Gasteiger partial charge in [-0.3, -0.25) is 0 Å². The summed E-state index contributed by atoms with van der Waals surface area (Å²) in [6, 6.07) is 11.2. The van der Waals surface area contributed by atoms with Crippen molar-refractivity contribution in [2.24, 2.45) is 0 Å². The first-order valence-corrected chi connectivity index (χ1v) is 5.99. The molecule has 0 aliphatic carbocycles. The fourth-order valence-electron chi connectivity index (χ4n) is 1.74. The summed E-state index contributed by atoms with van der Waals surface area (Å²) < 4.78 is 0. The number of hydrogen-bond donors (Lipinski definition) is 3. The van der Waals surface area contributed by atoms with E-state index in [0.717, 1.165) is 0 Å². The number of nitrogens with zero attached hydrogens (tertiary/aromatic N) is 1. The van der Waals surface area contributed by atoms with E-state index in [1.54, 1.807) is 24.3 Å². The van der Waals surface area contributed by atoms with Crippen LogP contribution in [0.15, 0.2) is 36.4 Å². The fourth-order valence-corrected chi connectivity index (χ4v) is 1.91. The first-order chi connectivity index (χ1) is 9.52. The van der Waals surface area contributed by atoms with Crippen LogP contribution in [-0.4, -0.2) is 11.1 Å². The standard InChI is InChI=1S/C14H10ClN3O2/c15-9-5-4-8(7-16)12(6-9)18-13-10(14(19)20)2-1-3-11(13)17/h1-6,18H,17H2,(H,19,20). The van der Waals surface area contributed by atoms with Crippen molar-refractivity contribution in [2.45, 2.75) is 0 Å². The van der Waals surface area contributed by atoms with Gasteiger partial charge in [0.1, 0.15) is 6.07 Å². The lowest BCUT2D eigenvalue weighted by Crippen LogP contribution is -2.06. The maximum absolute atomic E-state index is 11.2. The number of benzene rings is 2. The minimum atomic E-state index is -1.11. The summed E-state index contributed by atoms with van der Waals surface area (Å²) in [5.74, 6) is -1.11. The summed E-state index contributed by atoms with van der Waals surface area (Å²) in [6.45, 7) is 0. The highest BCUT2D eigenvalue weighted by Gasteiger charge is 2.14. The Morgan fingerprint density at radius 3 is 2.75 bits per heavy atom. The lowest BCUT2D eigenvalue weighted by atomic mass is 10.1. The topological polar surface area (TPSA) is 99.1 Å². The van der Waals surface area contributed by atoms with E-state index in [-0.39, 0.29) is 16.9 Å². The number of nitrogens with two attached hydrogens (primary N) is 1. The molecule has 0 saturated heterocycles. The second-order valence-corrected chi connectivity index (χ2v) is 4.44. The SMILES string of the molecule is N#Cc1ccc(Cl)cc1Nc1c(N)cccc1C(=O)O. The molecule has 0 saturated carbocycles. The molecule has 0 amide bonds. The molecular formula is C14H10ClN3O2. The van der Waals surface area contributed by atoms with Gasteiger partial charge < -0.3 is 16.2 Å². The smallest absolute Gasteiger partial charge is 0.337 e. The molecule has 0 atom stereocenters. The number of hydrogen-bond acceptors (Lipinski definition) is 4. The normalized spacial score (nSPS) is 9.80. The molecular weight excluding hydrogens is 278 g/mol. The molecule has 0 aromatic heterocycles. The van der Waals surface area contributed by atoms with Crippen molar-refractivity contribution in [2.75, 3.05) is 11.1 Å². The molecule has 100 valence electrons. The summed E-state index contributed by atoms with van der Waals surface area (Å²) in [5.41, 5.74) is 7.07. The lowest BCUT2D eigenvalue weighted by Gasteiger charge is -2.13. The van der Waals surface area contributed by atoms with E-state index in [0.29, 0.717) is 16.3 Å². The number of nitrogen functional groups attached to an aromatic ring is 1. The number of anilines is 3. The van der Waals surface area contributed by atoms with E-state index in [4.69, 9.17) is 27.7 Å². The van der Waals surface area contributed by atoms with Gasteiger partial charge in [-0.05, 0) is 30.3 Å². The molecule has 0 spiro atoms. The van der Waals surface area contributed by atoms with Gasteiger partial charge in [0.05, 0.1) is 28.2 Å². The number of rotatable bonds is 3. The van der Waals surface area contributed by atoms with E-state index < -0.39 is 5.97 Å². The van der Waals surface area contributed by atoms with Crippen molar-refractivity contribution >= 4 is 34.6 Å². The number of nitrogens with one attached hydrogen (secondary N) is 1. The van der Waals surface area contributed by atoms with Gasteiger partial charge in [0.25, 0.3) is 0 Å². The van der Waals surface area contributed by atoms with Gasteiger partial charge in [0.15, 0.2) is 0 Å². The average Bonchev–Trinajstić information content (AvgIpc) is 2.41. The Labute approximate surface area is 120 Å². The highest BCUT2D eigenvalue weighted by atomic mass is 35.5. The molecule has 2 aromatic carbocycles. The highest BCUT2D eigenvalue weighted by Crippen LogP contribution is 2.30. The Morgan fingerprint density at radius 1 is 1.35 bits per heavy atom. The van der Waals surface area contributed by atoms with E-state index >= 15 is 0 Å². The number of aromatic carboxylic acids is 1. The van der Waals surface area contributed by atoms with Gasteiger partial charge in [0.2, 0.25) is 0 Å². The van der Waals surface area contributed by atoms with Gasteiger partial charge in [-0.1, -0.05) is 17.7 Å². The molecule has 6 heteroatoms. The second kappa shape index (κ2) is 5.51. The molecule has 0 bridgehead atoms. The minimum absolute atomic E-state index is 0.0221. The first-order valence-electron chi connectivity index (χ1n) is 5.61. The van der Waals surface area contributed by atoms with Gasteiger partial charge in [-0.25, -0.2) is 4.79 Å². The van der Waals surface area contributed by atoms with Crippen molar-refractivity contribution in [1.29, 1.82) is 5.26 Å². The summed E-state index contributed by atoms with van der Waals surface area (Å²) in [5, 5.41) is 21.5. The van der Waals surface area contributed by atoms with Crippen LogP contribution >= 0.6 is 11.6 Å². The molecule has 5 nitrogen and oxygen atoms in total. The Balaban J connectivity index is 2.53. The van der Waals surface area contributed by atoms with Crippen LogP contribution in [0.2, 0.25) is 5.02 Å². The molecule has 0 unspecified atom stereocenters. The Bertz CT molecular complexity index is 723. The molecule has 2 aromatic rings. The zero-order valence-electron chi connectivity index (χ0n) is 10.2. The third-order valence-corrected chi connectivity index (χ3v) is 2.92. The minimum Gasteiger partial charge on any atom is -0.478 e. The predicted molar refractivity (Wildman–Crippen MR) is 77.3 cm³/mol. The zero-order chi connectivity index (χ0) is 14.7. The Morgan fingerprint density at radius 2 is 2.10 bits per heavy atom. The van der Waals surface area contributed by atoms with Crippen LogP contribution in [0.4, 0.5) is 17.1 Å². The molecule has 0 aliphatic rings. The third kappa shape index (κ3) is 2.66. The largest absolute Gasteiger partial charge is 0.478 e. The van der Waals surface area contributed by atoms with Gasteiger partial charge >= 0.3 is 5.97 Å². The molecule has 0 fully saturated rings. The maximum Gasteiger partial charge on any atom is 0.337 e. The van der Waals surface area contributed by atoms with Crippen LogP contribution in [0, 0.1) is 11.3 Å². The van der Waals surface area contributed by atoms with Gasteiger partial charge in [-0.2, -0.15) is 5.26 Å². The Kier molecular flexibility index (Phi) is 3.78. The summed E-state index contributed by atoms with van der Waals surface area (Å²) in [6.07, 6.45) is 0. The zero-order valence-corrected chi connectivity index (χ0v) is 11.0. The number of carbonyl (C=O) groups is 1. The van der Waals surface area contributed by atoms with Crippen LogP contribution in [0.3, 0.4) is 0 Å². The molecule has 2 rings (SSSR count). The van der Waals surface area contributed by atoms with Gasteiger partial charge in [-0.15, -0.1) is 0 Å². The van der Waals surface area contributed by atoms with Crippen LogP contribution in [0.5, 0.6) is 0 Å². The Hall–Kier alpha value is -2.71. The number of halogens is 1. The number of carboxylic acid groups (broad SMARTS) is 1. The van der Waals surface area contributed by atoms with E-state index in [1.807, 2.05) is 6.07 Å². The average molecular weight is 288 g/mol. The van der Waals surface area contributed by atoms with E-state index in [9.17, 15) is 4.79 Å². The first kappa shape index (κ1) is 13.7. The van der Waals surface area contributed by atoms with Crippen LogP contribution in [0.1, 0.15) is 15.9 Å². The van der Waals surface area contributed by atoms with Crippen molar-refractivity contribution in [3.63, 3.8) is 0 Å². The third-order valence-electron chi connectivity index (χ3n) is 2.69. The maximum atomic E-state index is 11.2. The van der Waals surface area contributed by atoms with E-state index in [2.05, 4.69) is 5.32 Å². The van der Waals surface area contributed by atoms with Crippen molar-refractivity contribution < 1.29 is 9.90 Å². The van der Waals surface area contributed by atoms with Crippen LogP contribution in [-0.2, 0) is 0 Å². The number of carboxylic acids is 1. The number of para-hydroxylation sites is 1. The summed E-state index contributed by atoms with van der Waals surface area (Å²) in [7, 11) is 0. The van der Waals surface area contributed by atoms with Crippen molar-refractivity contribution in [3.05, 3.63) is 52.5 Å².